The topological polar surface area (TPSA) is 111 Å². The number of hydrogen-bond acceptors (Lipinski definition) is 7. The van der Waals surface area contributed by atoms with Gasteiger partial charge in [-0.05, 0) is 42.5 Å². The largest absolute Gasteiger partial charge is 0.436 e. The second-order valence-electron chi connectivity index (χ2n) is 7.72. The number of nitro benzene ring substituents is 1. The van der Waals surface area contributed by atoms with E-state index < -0.39 is 10.8 Å². The number of non-ortho nitro benzene ring substituents is 1. The van der Waals surface area contributed by atoms with Crippen LogP contribution in [0.2, 0.25) is 5.02 Å². The first-order valence-corrected chi connectivity index (χ1v) is 10.9. The number of hydrogen-bond donors (Lipinski definition) is 1. The first-order chi connectivity index (χ1) is 16.5. The molecule has 1 aliphatic rings. The Labute approximate surface area is 199 Å². The molecule has 1 saturated heterocycles. The van der Waals surface area contributed by atoms with Crippen LogP contribution >= 0.6 is 11.6 Å². The van der Waals surface area contributed by atoms with E-state index in [1.54, 1.807) is 36.4 Å². The van der Waals surface area contributed by atoms with Crippen molar-refractivity contribution in [3.05, 3.63) is 81.4 Å². The fourth-order valence-electron chi connectivity index (χ4n) is 3.85. The van der Waals surface area contributed by atoms with Crippen LogP contribution in [0.4, 0.5) is 17.1 Å². The second-order valence-corrected chi connectivity index (χ2v) is 8.16. The maximum absolute atomic E-state index is 13.2. The molecule has 0 bridgehead atoms. The number of halogens is 1. The minimum atomic E-state index is -0.515. The monoisotopic (exact) mass is 478 g/mol. The lowest BCUT2D eigenvalue weighted by Gasteiger charge is -2.30. The Balaban J connectivity index is 1.44. The van der Waals surface area contributed by atoms with Crippen molar-refractivity contribution in [1.82, 2.24) is 4.98 Å². The minimum Gasteiger partial charge on any atom is -0.436 e. The molecule has 1 aliphatic heterocycles. The zero-order valence-electron chi connectivity index (χ0n) is 17.9. The molecule has 9 nitrogen and oxygen atoms in total. The molecule has 0 atom stereocenters. The molecule has 0 radical (unpaired) electrons. The fraction of sp³-hybridized carbons (Fsp3) is 0.167. The smallest absolute Gasteiger partial charge is 0.270 e. The van der Waals surface area contributed by atoms with E-state index in [1.807, 2.05) is 17.0 Å². The van der Waals surface area contributed by atoms with Gasteiger partial charge in [0.25, 0.3) is 11.6 Å². The van der Waals surface area contributed by atoms with Gasteiger partial charge in [-0.2, -0.15) is 0 Å². The highest BCUT2D eigenvalue weighted by Crippen LogP contribution is 2.30. The van der Waals surface area contributed by atoms with Crippen molar-refractivity contribution in [1.29, 1.82) is 0 Å². The van der Waals surface area contributed by atoms with Crippen LogP contribution in [0.15, 0.2) is 65.1 Å². The van der Waals surface area contributed by atoms with E-state index in [4.69, 9.17) is 20.8 Å². The van der Waals surface area contributed by atoms with Gasteiger partial charge in [-0.1, -0.05) is 17.7 Å². The molecule has 1 amide bonds. The van der Waals surface area contributed by atoms with E-state index in [9.17, 15) is 14.9 Å². The van der Waals surface area contributed by atoms with Crippen molar-refractivity contribution in [3.63, 3.8) is 0 Å². The number of amides is 1. The van der Waals surface area contributed by atoms with Crippen LogP contribution in [-0.4, -0.2) is 42.1 Å². The summed E-state index contributed by atoms with van der Waals surface area (Å²) in [6, 6.07) is 16.6. The highest BCUT2D eigenvalue weighted by Gasteiger charge is 2.22. The lowest BCUT2D eigenvalue weighted by Crippen LogP contribution is -2.37. The van der Waals surface area contributed by atoms with Gasteiger partial charge < -0.3 is 19.4 Å². The minimum absolute atomic E-state index is 0.153. The molecule has 34 heavy (non-hydrogen) atoms. The van der Waals surface area contributed by atoms with Gasteiger partial charge in [0.2, 0.25) is 5.89 Å². The van der Waals surface area contributed by atoms with Gasteiger partial charge >= 0.3 is 0 Å². The third-order valence-electron chi connectivity index (χ3n) is 5.50. The summed E-state index contributed by atoms with van der Waals surface area (Å²) in [6.07, 6.45) is 0. The summed E-state index contributed by atoms with van der Waals surface area (Å²) in [5.74, 6) is -0.0441. The van der Waals surface area contributed by atoms with Crippen molar-refractivity contribution in [2.75, 3.05) is 36.5 Å². The molecule has 1 aromatic heterocycles. The number of anilines is 2. The number of oxazole rings is 1. The van der Waals surface area contributed by atoms with E-state index >= 15 is 0 Å². The van der Waals surface area contributed by atoms with E-state index in [2.05, 4.69) is 10.3 Å². The molecule has 0 unspecified atom stereocenters. The number of nitrogens with one attached hydrogen (secondary N) is 1. The zero-order valence-corrected chi connectivity index (χ0v) is 18.6. The number of carbonyl (C=O) groups excluding carboxylic acids is 1. The predicted molar refractivity (Wildman–Crippen MR) is 129 cm³/mol. The summed E-state index contributed by atoms with van der Waals surface area (Å²) in [5.41, 5.74) is 3.02. The zero-order chi connectivity index (χ0) is 23.7. The van der Waals surface area contributed by atoms with Gasteiger partial charge in [-0.15, -0.1) is 0 Å². The highest BCUT2D eigenvalue weighted by atomic mass is 35.5. The van der Waals surface area contributed by atoms with Crippen LogP contribution in [0.5, 0.6) is 0 Å². The Morgan fingerprint density at radius 1 is 1.09 bits per heavy atom. The van der Waals surface area contributed by atoms with Crippen molar-refractivity contribution < 1.29 is 18.9 Å². The molecule has 0 spiro atoms. The number of carbonyl (C=O) groups is 1. The molecule has 5 rings (SSSR count). The van der Waals surface area contributed by atoms with E-state index in [1.165, 1.54) is 12.1 Å². The van der Waals surface area contributed by atoms with Gasteiger partial charge in [0, 0.05) is 41.5 Å². The number of benzene rings is 3. The highest BCUT2D eigenvalue weighted by molar-refractivity contribution is 6.30. The third-order valence-corrected chi connectivity index (χ3v) is 5.74. The van der Waals surface area contributed by atoms with Crippen LogP contribution in [0, 0.1) is 10.1 Å². The molecule has 3 aromatic carbocycles. The number of fused-ring (bicyclic) bond motifs is 1. The quantitative estimate of drug-likeness (QED) is 0.312. The van der Waals surface area contributed by atoms with Crippen molar-refractivity contribution in [2.45, 2.75) is 0 Å². The summed E-state index contributed by atoms with van der Waals surface area (Å²) >= 11 is 6.06. The summed E-state index contributed by atoms with van der Waals surface area (Å²) in [6.45, 7) is 2.23. The maximum atomic E-state index is 13.2. The number of nitro groups is 1. The molecular weight excluding hydrogens is 460 g/mol. The normalized spacial score (nSPS) is 13.7. The van der Waals surface area contributed by atoms with Crippen LogP contribution in [0.1, 0.15) is 10.4 Å². The van der Waals surface area contributed by atoms with Gasteiger partial charge in [0.15, 0.2) is 5.58 Å². The maximum Gasteiger partial charge on any atom is 0.270 e. The van der Waals surface area contributed by atoms with Gasteiger partial charge in [0.1, 0.15) is 5.52 Å². The van der Waals surface area contributed by atoms with Crippen LogP contribution in [0.3, 0.4) is 0 Å². The molecule has 0 saturated carbocycles. The molecule has 4 aromatic rings. The van der Waals surface area contributed by atoms with Gasteiger partial charge in [-0.3, -0.25) is 14.9 Å². The molecule has 10 heteroatoms. The lowest BCUT2D eigenvalue weighted by atomic mass is 10.1. The summed E-state index contributed by atoms with van der Waals surface area (Å²) in [7, 11) is 0. The van der Waals surface area contributed by atoms with E-state index in [0.29, 0.717) is 59.7 Å². The lowest BCUT2D eigenvalue weighted by molar-refractivity contribution is -0.384. The molecule has 172 valence electrons. The van der Waals surface area contributed by atoms with Crippen molar-refractivity contribution in [2.24, 2.45) is 0 Å². The van der Waals surface area contributed by atoms with Crippen molar-refractivity contribution in [3.8, 4) is 11.5 Å². The van der Waals surface area contributed by atoms with Crippen LogP contribution in [0.25, 0.3) is 22.6 Å². The SMILES string of the molecule is O=C(Nc1ccc2oc(-c3cccc(Cl)c3)nc2c1)c1cc([N+](=O)[O-])ccc1N1CCOCC1. The average Bonchev–Trinajstić information content (AvgIpc) is 3.28. The first-order valence-electron chi connectivity index (χ1n) is 10.6. The van der Waals surface area contributed by atoms with E-state index in [-0.39, 0.29) is 11.3 Å². The Kier molecular flexibility index (Phi) is 5.87. The number of rotatable bonds is 5. The third kappa shape index (κ3) is 4.43. The Morgan fingerprint density at radius 3 is 2.68 bits per heavy atom. The number of nitrogens with zero attached hydrogens (tertiary/aromatic N) is 3. The predicted octanol–water partition coefficient (Wildman–Crippen LogP) is 5.15. The number of morpholine rings is 1. The van der Waals surface area contributed by atoms with Gasteiger partial charge in [-0.25, -0.2) is 4.98 Å². The first kappa shape index (κ1) is 21.9. The summed E-state index contributed by atoms with van der Waals surface area (Å²) in [4.78, 5) is 30.5. The standard InChI is InChI=1S/C24H19ClN4O5/c25-16-3-1-2-15(12-16)24-27-20-13-17(4-7-22(20)34-24)26-23(30)19-14-18(29(31)32)5-6-21(19)28-8-10-33-11-9-28/h1-7,12-14H,8-11H2,(H,26,30). The molecule has 0 aliphatic carbocycles. The molecular formula is C24H19ClN4O5. The molecule has 1 fully saturated rings. The molecule has 1 N–H and O–H groups in total. The summed E-state index contributed by atoms with van der Waals surface area (Å²) in [5, 5.41) is 14.7. The number of ether oxygens (including phenoxy) is 1. The average molecular weight is 479 g/mol. The van der Waals surface area contributed by atoms with Gasteiger partial charge in [0.05, 0.1) is 29.4 Å². The van der Waals surface area contributed by atoms with Crippen LogP contribution < -0.4 is 10.2 Å². The fourth-order valence-corrected chi connectivity index (χ4v) is 4.04. The Morgan fingerprint density at radius 2 is 1.91 bits per heavy atom. The van der Waals surface area contributed by atoms with Crippen LogP contribution in [-0.2, 0) is 4.74 Å². The Hall–Kier alpha value is -3.95. The Bertz CT molecular complexity index is 1400. The molecule has 2 heterocycles. The second kappa shape index (κ2) is 9.12. The number of aromatic nitrogens is 1. The summed E-state index contributed by atoms with van der Waals surface area (Å²) < 4.78 is 11.2. The van der Waals surface area contributed by atoms with E-state index in [0.717, 1.165) is 5.56 Å². The van der Waals surface area contributed by atoms with Crippen molar-refractivity contribution >= 4 is 45.7 Å².